The molecule has 0 aliphatic carbocycles. The largest absolute Gasteiger partial charge is 0.497 e. The second-order valence-corrected chi connectivity index (χ2v) is 6.13. The molecule has 0 spiro atoms. The molecule has 0 unspecified atom stereocenters. The lowest BCUT2D eigenvalue weighted by atomic mass is 10.0. The molecule has 2 aromatic carbocycles. The van der Waals surface area contributed by atoms with Gasteiger partial charge < -0.3 is 9.84 Å². The van der Waals surface area contributed by atoms with Gasteiger partial charge in [-0.25, -0.2) is 0 Å². The molecule has 142 valence electrons. The molecule has 0 saturated heterocycles. The van der Waals surface area contributed by atoms with Crippen LogP contribution in [0.5, 0.6) is 5.75 Å². The predicted molar refractivity (Wildman–Crippen MR) is 92.1 cm³/mol. The van der Waals surface area contributed by atoms with Crippen LogP contribution >= 0.6 is 0 Å². The van der Waals surface area contributed by atoms with Crippen LogP contribution in [0.1, 0.15) is 17.5 Å². The lowest BCUT2D eigenvalue weighted by Crippen LogP contribution is -2.57. The van der Waals surface area contributed by atoms with Gasteiger partial charge in [-0.15, -0.1) is 0 Å². The number of benzene rings is 2. The van der Waals surface area contributed by atoms with Gasteiger partial charge in [-0.3, -0.25) is 4.79 Å². The molecule has 0 saturated carbocycles. The number of rotatable bonds is 4. The summed E-state index contributed by atoms with van der Waals surface area (Å²) < 4.78 is 45.7. The lowest BCUT2D eigenvalue weighted by Gasteiger charge is -2.32. The molecule has 27 heavy (non-hydrogen) atoms. The molecule has 1 aliphatic heterocycles. The van der Waals surface area contributed by atoms with E-state index in [4.69, 9.17) is 4.74 Å². The minimum absolute atomic E-state index is 0.0288. The van der Waals surface area contributed by atoms with Crippen molar-refractivity contribution in [1.29, 1.82) is 0 Å². The average Bonchev–Trinajstić information content (AvgIpc) is 3.02. The number of amides is 1. The normalized spacial score (nSPS) is 19.7. The highest BCUT2D eigenvalue weighted by molar-refractivity contribution is 6.03. The molecule has 0 radical (unpaired) electrons. The topological polar surface area (TPSA) is 62.1 Å². The number of methoxy groups -OCH3 is 1. The Morgan fingerprint density at radius 2 is 1.81 bits per heavy atom. The van der Waals surface area contributed by atoms with E-state index in [1.807, 2.05) is 0 Å². The average molecular weight is 378 g/mol. The van der Waals surface area contributed by atoms with Gasteiger partial charge in [-0.1, -0.05) is 30.3 Å². The molecule has 8 heteroatoms. The van der Waals surface area contributed by atoms with E-state index in [-0.39, 0.29) is 17.1 Å². The first kappa shape index (κ1) is 18.9. The zero-order valence-corrected chi connectivity index (χ0v) is 14.4. The van der Waals surface area contributed by atoms with Gasteiger partial charge in [0, 0.05) is 0 Å². The summed E-state index contributed by atoms with van der Waals surface area (Å²) in [4.78, 5) is 12.5. The van der Waals surface area contributed by atoms with Gasteiger partial charge in [0.25, 0.3) is 5.72 Å². The molecular weight excluding hydrogens is 361 g/mol. The summed E-state index contributed by atoms with van der Waals surface area (Å²) >= 11 is 0. The molecule has 1 aliphatic rings. The smallest absolute Gasteiger partial charge is 0.438 e. The summed E-state index contributed by atoms with van der Waals surface area (Å²) in [6.45, 7) is 0. The second kappa shape index (κ2) is 7.03. The highest BCUT2D eigenvalue weighted by Gasteiger charge is 2.63. The summed E-state index contributed by atoms with van der Waals surface area (Å²) in [6.07, 6.45) is -6.21. The van der Waals surface area contributed by atoms with Crippen LogP contribution in [0.25, 0.3) is 0 Å². The molecule has 0 bridgehead atoms. The predicted octanol–water partition coefficient (Wildman–Crippen LogP) is 3.13. The van der Waals surface area contributed by atoms with E-state index in [1.54, 1.807) is 42.5 Å². The molecule has 5 nitrogen and oxygen atoms in total. The maximum absolute atomic E-state index is 13.6. The Bertz CT molecular complexity index is 851. The highest BCUT2D eigenvalue weighted by atomic mass is 19.4. The van der Waals surface area contributed by atoms with E-state index in [1.165, 1.54) is 19.2 Å². The van der Waals surface area contributed by atoms with Gasteiger partial charge in [0.2, 0.25) is 5.91 Å². The van der Waals surface area contributed by atoms with Crippen molar-refractivity contribution in [1.82, 2.24) is 5.01 Å². The first-order chi connectivity index (χ1) is 12.7. The third-order valence-corrected chi connectivity index (χ3v) is 4.30. The Kier molecular flexibility index (Phi) is 4.93. The Hall–Kier alpha value is -2.87. The number of ether oxygens (including phenoxy) is 1. The van der Waals surface area contributed by atoms with Crippen LogP contribution in [0, 0.1) is 0 Å². The maximum atomic E-state index is 13.6. The van der Waals surface area contributed by atoms with Crippen molar-refractivity contribution in [3.63, 3.8) is 0 Å². The van der Waals surface area contributed by atoms with E-state index in [9.17, 15) is 23.1 Å². The number of carbonyl (C=O) groups is 1. The summed E-state index contributed by atoms with van der Waals surface area (Å²) in [5, 5.41) is 14.3. The Morgan fingerprint density at radius 1 is 1.19 bits per heavy atom. The first-order valence-electron chi connectivity index (χ1n) is 8.12. The molecule has 1 N–H and O–H groups in total. The van der Waals surface area contributed by atoms with E-state index in [0.717, 1.165) is 0 Å². The van der Waals surface area contributed by atoms with Crippen molar-refractivity contribution in [3.05, 3.63) is 65.7 Å². The fourth-order valence-corrected chi connectivity index (χ4v) is 2.82. The van der Waals surface area contributed by atoms with E-state index in [0.29, 0.717) is 16.9 Å². The van der Waals surface area contributed by atoms with Gasteiger partial charge in [0.05, 0.1) is 25.7 Å². The van der Waals surface area contributed by atoms with Crippen LogP contribution in [0.2, 0.25) is 0 Å². The standard InChI is InChI=1S/C19H17F3N2O3/c1-27-15-9-7-14(8-10-15)16-12-18(26,19(20,21)22)24(23-16)17(25)11-13-5-3-2-4-6-13/h2-10,26H,11-12H2,1H3/t18-/m1/s1. The van der Waals surface area contributed by atoms with Gasteiger partial charge in [-0.2, -0.15) is 23.3 Å². The monoisotopic (exact) mass is 378 g/mol. The Balaban J connectivity index is 1.93. The Morgan fingerprint density at radius 3 is 2.37 bits per heavy atom. The number of nitrogens with zero attached hydrogens (tertiary/aromatic N) is 2. The van der Waals surface area contributed by atoms with Crippen LogP contribution in [0.3, 0.4) is 0 Å². The molecule has 0 aromatic heterocycles. The van der Waals surface area contributed by atoms with Crippen molar-refractivity contribution in [2.75, 3.05) is 7.11 Å². The minimum Gasteiger partial charge on any atom is -0.497 e. The van der Waals surface area contributed by atoms with E-state index < -0.39 is 24.2 Å². The SMILES string of the molecule is COc1ccc(C2=NN(C(=O)Cc3ccccc3)[C@](O)(C(F)(F)F)C2)cc1. The number of alkyl halides is 3. The lowest BCUT2D eigenvalue weighted by molar-refractivity contribution is -0.302. The van der Waals surface area contributed by atoms with Gasteiger partial charge >= 0.3 is 6.18 Å². The molecule has 2 aromatic rings. The third-order valence-electron chi connectivity index (χ3n) is 4.30. The molecule has 0 fully saturated rings. The summed E-state index contributed by atoms with van der Waals surface area (Å²) in [5.74, 6) is -0.412. The van der Waals surface area contributed by atoms with Crippen molar-refractivity contribution in [3.8, 4) is 5.75 Å². The molecule has 1 atom stereocenters. The van der Waals surface area contributed by atoms with Gasteiger partial charge in [0.15, 0.2) is 0 Å². The molecular formula is C19H17F3N2O3. The number of hydrazone groups is 1. The summed E-state index contributed by atoms with van der Waals surface area (Å²) in [6, 6.07) is 14.5. The maximum Gasteiger partial charge on any atom is 0.438 e. The third kappa shape index (κ3) is 3.66. The number of aliphatic hydroxyl groups is 1. The van der Waals surface area contributed by atoms with Crippen molar-refractivity contribution >= 4 is 11.6 Å². The van der Waals surface area contributed by atoms with Crippen molar-refractivity contribution in [2.24, 2.45) is 5.10 Å². The quantitative estimate of drug-likeness (QED) is 0.889. The van der Waals surface area contributed by atoms with Crippen molar-refractivity contribution < 1.29 is 27.8 Å². The zero-order chi connectivity index (χ0) is 19.7. The van der Waals surface area contributed by atoms with E-state index in [2.05, 4.69) is 5.10 Å². The number of hydrogen-bond donors (Lipinski definition) is 1. The zero-order valence-electron chi connectivity index (χ0n) is 14.4. The number of halogens is 3. The number of hydrogen-bond acceptors (Lipinski definition) is 4. The van der Waals surface area contributed by atoms with Crippen LogP contribution < -0.4 is 4.74 Å². The highest BCUT2D eigenvalue weighted by Crippen LogP contribution is 2.41. The summed E-state index contributed by atoms with van der Waals surface area (Å²) in [5.41, 5.74) is -2.51. The first-order valence-corrected chi connectivity index (χ1v) is 8.12. The molecule has 1 amide bonds. The molecule has 1 heterocycles. The Labute approximate surface area is 153 Å². The van der Waals surface area contributed by atoms with Crippen LogP contribution in [0.15, 0.2) is 59.7 Å². The summed E-state index contributed by atoms with van der Waals surface area (Å²) in [7, 11) is 1.47. The van der Waals surface area contributed by atoms with Gasteiger partial charge in [-0.05, 0) is 35.4 Å². The van der Waals surface area contributed by atoms with Gasteiger partial charge in [0.1, 0.15) is 5.75 Å². The van der Waals surface area contributed by atoms with Crippen LogP contribution in [-0.2, 0) is 11.2 Å². The fourth-order valence-electron chi connectivity index (χ4n) is 2.82. The molecule has 3 rings (SSSR count). The fraction of sp³-hybridized carbons (Fsp3) is 0.263. The van der Waals surface area contributed by atoms with Crippen LogP contribution in [-0.4, -0.2) is 40.7 Å². The second-order valence-electron chi connectivity index (χ2n) is 6.13. The minimum atomic E-state index is -5.06. The number of carbonyl (C=O) groups excluding carboxylic acids is 1. The van der Waals surface area contributed by atoms with Crippen LogP contribution in [0.4, 0.5) is 13.2 Å². The van der Waals surface area contributed by atoms with Crippen molar-refractivity contribution in [2.45, 2.75) is 24.7 Å². The van der Waals surface area contributed by atoms with E-state index >= 15 is 0 Å².